The van der Waals surface area contributed by atoms with Crippen molar-refractivity contribution >= 4 is 22.0 Å². The molecule has 0 aliphatic carbocycles. The van der Waals surface area contributed by atoms with Gasteiger partial charge < -0.3 is 14.6 Å². The van der Waals surface area contributed by atoms with Crippen molar-refractivity contribution in [3.63, 3.8) is 0 Å². The quantitative estimate of drug-likeness (QED) is 0.639. The van der Waals surface area contributed by atoms with Crippen molar-refractivity contribution in [1.29, 1.82) is 0 Å². The number of aromatic nitrogens is 2. The van der Waals surface area contributed by atoms with Crippen LogP contribution in [0.25, 0.3) is 0 Å². The van der Waals surface area contributed by atoms with Crippen LogP contribution in [-0.4, -0.2) is 43.7 Å². The highest BCUT2D eigenvalue weighted by Crippen LogP contribution is 2.24. The summed E-state index contributed by atoms with van der Waals surface area (Å²) in [5.74, 6) is 0.0358. The van der Waals surface area contributed by atoms with E-state index in [0.717, 1.165) is 0 Å². The Labute approximate surface area is 156 Å². The summed E-state index contributed by atoms with van der Waals surface area (Å²) >= 11 is 0. The van der Waals surface area contributed by atoms with Gasteiger partial charge in [0.15, 0.2) is 0 Å². The number of ether oxygens (including phenoxy) is 2. The van der Waals surface area contributed by atoms with Crippen LogP contribution < -0.4 is 19.5 Å². The molecule has 0 bridgehead atoms. The van der Waals surface area contributed by atoms with E-state index in [0.29, 0.717) is 6.42 Å². The maximum absolute atomic E-state index is 12.5. The third kappa shape index (κ3) is 5.05. The second-order valence-electron chi connectivity index (χ2n) is 5.30. The number of sulfonamides is 1. The van der Waals surface area contributed by atoms with E-state index in [1.54, 1.807) is 13.0 Å². The molecule has 0 saturated heterocycles. The summed E-state index contributed by atoms with van der Waals surface area (Å²) < 4.78 is 36.9. The lowest BCUT2D eigenvalue weighted by Crippen LogP contribution is -2.35. The smallest absolute Gasteiger partial charge is 0.335 e. The Hall–Kier alpha value is -2.92. The Morgan fingerprint density at radius 1 is 1.19 bits per heavy atom. The second kappa shape index (κ2) is 8.64. The van der Waals surface area contributed by atoms with E-state index >= 15 is 0 Å². The van der Waals surface area contributed by atoms with E-state index in [-0.39, 0.29) is 28.2 Å². The summed E-state index contributed by atoms with van der Waals surface area (Å²) in [6.45, 7) is 1.71. The molecule has 0 aliphatic rings. The first kappa shape index (κ1) is 20.4. The molecule has 0 saturated carbocycles. The summed E-state index contributed by atoms with van der Waals surface area (Å²) in [6.07, 6.45) is -0.664. The van der Waals surface area contributed by atoms with E-state index in [2.05, 4.69) is 15.3 Å². The minimum Gasteiger partial charge on any atom is -0.481 e. The van der Waals surface area contributed by atoms with E-state index in [1.165, 1.54) is 38.5 Å². The van der Waals surface area contributed by atoms with Crippen LogP contribution >= 0.6 is 0 Å². The molecule has 1 unspecified atom stereocenters. The van der Waals surface area contributed by atoms with Crippen molar-refractivity contribution in [2.24, 2.45) is 0 Å². The highest BCUT2D eigenvalue weighted by atomic mass is 32.2. The molecule has 146 valence electrons. The van der Waals surface area contributed by atoms with Gasteiger partial charge in [-0.2, -0.15) is 9.97 Å². The molecule has 1 atom stereocenters. The highest BCUT2D eigenvalue weighted by Gasteiger charge is 2.24. The molecule has 2 aromatic rings. The lowest BCUT2D eigenvalue weighted by atomic mass is 10.1. The van der Waals surface area contributed by atoms with Crippen molar-refractivity contribution in [1.82, 2.24) is 14.7 Å². The number of nitrogens with one attached hydrogen (secondary N) is 2. The summed E-state index contributed by atoms with van der Waals surface area (Å²) in [6, 6.07) is 6.19. The van der Waals surface area contributed by atoms with Crippen LogP contribution in [0, 0.1) is 0 Å². The van der Waals surface area contributed by atoms with Crippen LogP contribution in [0.3, 0.4) is 0 Å². The summed E-state index contributed by atoms with van der Waals surface area (Å²) in [4.78, 5) is 19.7. The van der Waals surface area contributed by atoms with Crippen LogP contribution in [0.5, 0.6) is 11.8 Å². The first-order valence-electron chi connectivity index (χ1n) is 7.88. The van der Waals surface area contributed by atoms with Crippen molar-refractivity contribution < 1.29 is 27.8 Å². The monoisotopic (exact) mass is 396 g/mol. The average Bonchev–Trinajstić information content (AvgIpc) is 2.66. The Morgan fingerprint density at radius 2 is 1.78 bits per heavy atom. The molecule has 1 aromatic carbocycles. The molecule has 3 N–H and O–H groups in total. The third-order valence-corrected chi connectivity index (χ3v) is 4.91. The van der Waals surface area contributed by atoms with E-state index < -0.39 is 22.2 Å². The molecule has 2 amide bonds. The Kier molecular flexibility index (Phi) is 6.53. The topological polar surface area (TPSA) is 140 Å². The number of hydrogen-bond acceptors (Lipinski definition) is 8. The second-order valence-corrected chi connectivity index (χ2v) is 6.95. The van der Waals surface area contributed by atoms with Gasteiger partial charge in [0.1, 0.15) is 0 Å². The highest BCUT2D eigenvalue weighted by molar-refractivity contribution is 7.90. The number of carbonyl (C=O) groups excluding carboxylic acids is 1. The molecule has 1 heterocycles. The maximum Gasteiger partial charge on any atom is 0.335 e. The molecule has 2 rings (SSSR count). The number of nitrogens with zero attached hydrogens (tertiary/aromatic N) is 2. The van der Waals surface area contributed by atoms with Gasteiger partial charge in [0.25, 0.3) is 10.0 Å². The molecule has 0 radical (unpaired) electrons. The van der Waals surface area contributed by atoms with Gasteiger partial charge in [0.2, 0.25) is 17.7 Å². The predicted octanol–water partition coefficient (Wildman–Crippen LogP) is 1.45. The van der Waals surface area contributed by atoms with Crippen LogP contribution in [-0.2, 0) is 10.0 Å². The van der Waals surface area contributed by atoms with Gasteiger partial charge in [0.05, 0.1) is 31.3 Å². The average molecular weight is 396 g/mol. The van der Waals surface area contributed by atoms with Gasteiger partial charge in [-0.15, -0.1) is 0 Å². The zero-order chi connectivity index (χ0) is 20.0. The van der Waals surface area contributed by atoms with Crippen molar-refractivity contribution in [2.45, 2.75) is 24.3 Å². The van der Waals surface area contributed by atoms with Gasteiger partial charge in [0, 0.05) is 5.56 Å². The number of hydrogen-bond donors (Lipinski definition) is 3. The van der Waals surface area contributed by atoms with Gasteiger partial charge in [-0.3, -0.25) is 5.32 Å². The SMILES string of the molecule is CCC(O)c1ccccc1S(=O)(=O)NC(=O)Nc1nc(OC)cc(OC)n1. The number of benzene rings is 1. The molecule has 0 spiro atoms. The van der Waals surface area contributed by atoms with E-state index in [4.69, 9.17) is 9.47 Å². The van der Waals surface area contributed by atoms with Crippen LogP contribution in [0.2, 0.25) is 0 Å². The first-order chi connectivity index (χ1) is 12.8. The Bertz CT molecular complexity index is 897. The lowest BCUT2D eigenvalue weighted by Gasteiger charge is -2.15. The van der Waals surface area contributed by atoms with Gasteiger partial charge in [-0.05, 0) is 12.5 Å². The molecule has 1 aromatic heterocycles. The number of amides is 2. The number of anilines is 1. The first-order valence-corrected chi connectivity index (χ1v) is 9.36. The minimum absolute atomic E-state index is 0.122. The fourth-order valence-electron chi connectivity index (χ4n) is 2.19. The summed E-state index contributed by atoms with van der Waals surface area (Å²) in [7, 11) is -1.50. The fourth-order valence-corrected chi connectivity index (χ4v) is 3.37. The largest absolute Gasteiger partial charge is 0.481 e. The number of urea groups is 1. The number of aliphatic hydroxyl groups is 1. The number of rotatable bonds is 7. The maximum atomic E-state index is 12.5. The minimum atomic E-state index is -4.24. The van der Waals surface area contributed by atoms with Crippen molar-refractivity contribution in [3.05, 3.63) is 35.9 Å². The Morgan fingerprint density at radius 3 is 2.33 bits per heavy atom. The molecule has 27 heavy (non-hydrogen) atoms. The predicted molar refractivity (Wildman–Crippen MR) is 96.2 cm³/mol. The Balaban J connectivity index is 2.23. The molecule has 10 nitrogen and oxygen atoms in total. The number of methoxy groups -OCH3 is 2. The van der Waals surface area contributed by atoms with E-state index in [1.807, 2.05) is 4.72 Å². The molecular formula is C16H20N4O6S. The van der Waals surface area contributed by atoms with Crippen LogP contribution in [0.15, 0.2) is 35.2 Å². The normalized spacial score (nSPS) is 12.1. The summed E-state index contributed by atoms with van der Waals surface area (Å²) in [5, 5.41) is 12.2. The third-order valence-electron chi connectivity index (χ3n) is 3.50. The van der Waals surface area contributed by atoms with Crippen molar-refractivity contribution in [3.8, 4) is 11.8 Å². The zero-order valence-electron chi connectivity index (χ0n) is 15.0. The molecule has 0 aliphatic heterocycles. The zero-order valence-corrected chi connectivity index (χ0v) is 15.8. The number of aliphatic hydroxyl groups excluding tert-OH is 1. The molecule has 11 heteroatoms. The summed E-state index contributed by atoms with van der Waals surface area (Å²) in [5.41, 5.74) is 0.194. The van der Waals surface area contributed by atoms with Gasteiger partial charge in [-0.25, -0.2) is 17.9 Å². The standard InChI is InChI=1S/C16H20N4O6S/c1-4-11(21)10-7-5-6-8-12(10)27(23,24)20-16(22)19-15-17-13(25-2)9-14(18-15)26-3/h5-9,11,21H,4H2,1-3H3,(H2,17,18,19,20,22). The fraction of sp³-hybridized carbons (Fsp3) is 0.312. The van der Waals surface area contributed by atoms with Crippen LogP contribution in [0.1, 0.15) is 25.0 Å². The van der Waals surface area contributed by atoms with Gasteiger partial charge >= 0.3 is 6.03 Å². The molecular weight excluding hydrogens is 376 g/mol. The van der Waals surface area contributed by atoms with Gasteiger partial charge in [-0.1, -0.05) is 25.1 Å². The van der Waals surface area contributed by atoms with E-state index in [9.17, 15) is 18.3 Å². The number of carbonyl (C=O) groups is 1. The molecule has 0 fully saturated rings. The van der Waals surface area contributed by atoms with Crippen molar-refractivity contribution in [2.75, 3.05) is 19.5 Å². The lowest BCUT2D eigenvalue weighted by molar-refractivity contribution is 0.170. The van der Waals surface area contributed by atoms with Crippen LogP contribution in [0.4, 0.5) is 10.7 Å².